The van der Waals surface area contributed by atoms with E-state index in [1.807, 2.05) is 38.4 Å². The molecule has 0 saturated heterocycles. The van der Waals surface area contributed by atoms with E-state index in [0.29, 0.717) is 0 Å². The topological polar surface area (TPSA) is 28.2 Å². The van der Waals surface area contributed by atoms with Gasteiger partial charge in [-0.2, -0.15) is 0 Å². The lowest BCUT2D eigenvalue weighted by molar-refractivity contribution is 0.402. The normalized spacial score (nSPS) is 12.2. The molecule has 0 amide bonds. The van der Waals surface area contributed by atoms with E-state index >= 15 is 0 Å². The summed E-state index contributed by atoms with van der Waals surface area (Å²) in [6.07, 6.45) is 0. The summed E-state index contributed by atoms with van der Waals surface area (Å²) >= 11 is 6.61. The smallest absolute Gasteiger partial charge is 0.133 e. The van der Waals surface area contributed by atoms with E-state index in [4.69, 9.17) is 16.6 Å². The minimum absolute atomic E-state index is 0.0557. The van der Waals surface area contributed by atoms with Gasteiger partial charge < -0.3 is 10.2 Å². The Labute approximate surface area is 126 Å². The van der Waals surface area contributed by atoms with E-state index in [1.54, 1.807) is 0 Å². The zero-order valence-electron chi connectivity index (χ0n) is 12.8. The van der Waals surface area contributed by atoms with E-state index in [0.717, 1.165) is 33.9 Å². The first kappa shape index (κ1) is 15.1. The maximum Gasteiger partial charge on any atom is 0.133 e. The summed E-state index contributed by atoms with van der Waals surface area (Å²) in [5, 5.41) is 5.26. The van der Waals surface area contributed by atoms with Crippen molar-refractivity contribution < 1.29 is 0 Å². The highest BCUT2D eigenvalue weighted by atomic mass is 35.5. The van der Waals surface area contributed by atoms with Crippen molar-refractivity contribution in [1.82, 2.24) is 9.88 Å². The highest BCUT2D eigenvalue weighted by Gasteiger charge is 2.18. The number of hydrogen-bond acceptors (Lipinski definition) is 3. The van der Waals surface area contributed by atoms with Gasteiger partial charge in [0.2, 0.25) is 0 Å². The van der Waals surface area contributed by atoms with Crippen LogP contribution < -0.4 is 5.32 Å². The standard InChI is InChI=1S/C16H22ClN3/c1-16(2,3)19-15-12(10-20(4)5)14(17)11-8-6-7-9-13(11)18-15/h6-9H,10H2,1-5H3,(H,18,19). The minimum Gasteiger partial charge on any atom is -0.365 e. The van der Waals surface area contributed by atoms with Crippen molar-refractivity contribution in [3.63, 3.8) is 0 Å². The Balaban J connectivity index is 2.63. The van der Waals surface area contributed by atoms with Crippen LogP contribution in [0.15, 0.2) is 24.3 Å². The molecule has 0 bridgehead atoms. The summed E-state index contributed by atoms with van der Waals surface area (Å²) in [5.74, 6) is 0.870. The molecule has 3 nitrogen and oxygen atoms in total. The molecule has 108 valence electrons. The van der Waals surface area contributed by atoms with E-state index in [9.17, 15) is 0 Å². The van der Waals surface area contributed by atoms with Gasteiger partial charge in [-0.15, -0.1) is 0 Å². The fraction of sp³-hybridized carbons (Fsp3) is 0.438. The van der Waals surface area contributed by atoms with Gasteiger partial charge in [-0.1, -0.05) is 29.8 Å². The van der Waals surface area contributed by atoms with Crippen molar-refractivity contribution in [2.24, 2.45) is 0 Å². The molecule has 20 heavy (non-hydrogen) atoms. The number of para-hydroxylation sites is 1. The average Bonchev–Trinajstić information content (AvgIpc) is 2.32. The number of aromatic nitrogens is 1. The van der Waals surface area contributed by atoms with Crippen LogP contribution >= 0.6 is 11.6 Å². The van der Waals surface area contributed by atoms with Crippen molar-refractivity contribution in [2.75, 3.05) is 19.4 Å². The van der Waals surface area contributed by atoms with Gasteiger partial charge in [0.1, 0.15) is 5.82 Å². The monoisotopic (exact) mass is 291 g/mol. The predicted octanol–water partition coefficient (Wildman–Crippen LogP) is 4.16. The van der Waals surface area contributed by atoms with E-state index in [1.165, 1.54) is 0 Å². The van der Waals surface area contributed by atoms with Crippen LogP contribution in [0.25, 0.3) is 10.9 Å². The molecule has 0 aliphatic heterocycles. The Hall–Kier alpha value is -1.32. The third-order valence-electron chi connectivity index (χ3n) is 2.89. The molecular weight excluding hydrogens is 270 g/mol. The van der Waals surface area contributed by atoms with Crippen LogP contribution in [-0.2, 0) is 6.54 Å². The number of hydrogen-bond donors (Lipinski definition) is 1. The van der Waals surface area contributed by atoms with E-state index in [-0.39, 0.29) is 5.54 Å². The van der Waals surface area contributed by atoms with Crippen molar-refractivity contribution in [3.05, 3.63) is 34.9 Å². The molecule has 0 spiro atoms. The second-order valence-corrected chi connectivity index (χ2v) is 6.76. The lowest BCUT2D eigenvalue weighted by Crippen LogP contribution is -2.28. The third kappa shape index (κ3) is 3.41. The lowest BCUT2D eigenvalue weighted by atomic mass is 10.1. The van der Waals surface area contributed by atoms with Crippen molar-refractivity contribution >= 4 is 28.3 Å². The molecule has 0 unspecified atom stereocenters. The molecular formula is C16H22ClN3. The number of nitrogens with zero attached hydrogens (tertiary/aromatic N) is 2. The van der Waals surface area contributed by atoms with Gasteiger partial charge in [0.25, 0.3) is 0 Å². The number of fused-ring (bicyclic) bond motifs is 1. The molecule has 1 N–H and O–H groups in total. The Morgan fingerprint density at radius 2 is 1.85 bits per heavy atom. The van der Waals surface area contributed by atoms with Gasteiger partial charge in [-0.25, -0.2) is 4.98 Å². The highest BCUT2D eigenvalue weighted by Crippen LogP contribution is 2.32. The minimum atomic E-state index is -0.0557. The Kier molecular flexibility index (Phi) is 4.21. The lowest BCUT2D eigenvalue weighted by Gasteiger charge is -2.25. The number of pyridine rings is 1. The summed E-state index contributed by atoms with van der Waals surface area (Å²) < 4.78 is 0. The first-order valence-electron chi connectivity index (χ1n) is 6.78. The van der Waals surface area contributed by atoms with Crippen LogP contribution in [0.2, 0.25) is 5.02 Å². The summed E-state index contributed by atoms with van der Waals surface area (Å²) in [5.41, 5.74) is 1.91. The molecule has 1 aromatic heterocycles. The third-order valence-corrected chi connectivity index (χ3v) is 3.32. The maximum atomic E-state index is 6.61. The first-order valence-corrected chi connectivity index (χ1v) is 7.16. The molecule has 2 rings (SSSR count). The van der Waals surface area contributed by atoms with Crippen molar-refractivity contribution in [2.45, 2.75) is 32.9 Å². The van der Waals surface area contributed by atoms with Crippen molar-refractivity contribution in [3.8, 4) is 0 Å². The molecule has 1 heterocycles. The van der Waals surface area contributed by atoms with E-state index < -0.39 is 0 Å². The molecule has 0 aliphatic carbocycles. The fourth-order valence-corrected chi connectivity index (χ4v) is 2.44. The first-order chi connectivity index (χ1) is 9.28. The number of nitrogens with one attached hydrogen (secondary N) is 1. The summed E-state index contributed by atoms with van der Waals surface area (Å²) in [7, 11) is 4.07. The van der Waals surface area contributed by atoms with Crippen LogP contribution in [0.1, 0.15) is 26.3 Å². The highest BCUT2D eigenvalue weighted by molar-refractivity contribution is 6.36. The molecule has 0 atom stereocenters. The molecule has 0 aliphatic rings. The molecule has 1 aromatic carbocycles. The SMILES string of the molecule is CN(C)Cc1c(NC(C)(C)C)nc2ccccc2c1Cl. The molecule has 0 fully saturated rings. The Bertz CT molecular complexity index is 615. The molecule has 2 aromatic rings. The van der Waals surface area contributed by atoms with Gasteiger partial charge >= 0.3 is 0 Å². The predicted molar refractivity (Wildman–Crippen MR) is 87.5 cm³/mol. The molecule has 4 heteroatoms. The van der Waals surface area contributed by atoms with Crippen LogP contribution in [0.5, 0.6) is 0 Å². The van der Waals surface area contributed by atoms with Crippen LogP contribution in [0.3, 0.4) is 0 Å². The van der Waals surface area contributed by atoms with Gasteiger partial charge in [0.15, 0.2) is 0 Å². The zero-order chi connectivity index (χ0) is 14.9. The van der Waals surface area contributed by atoms with Crippen LogP contribution in [-0.4, -0.2) is 29.5 Å². The maximum absolute atomic E-state index is 6.61. The molecule has 0 radical (unpaired) electrons. The van der Waals surface area contributed by atoms with Gasteiger partial charge in [0.05, 0.1) is 10.5 Å². The number of rotatable bonds is 3. The average molecular weight is 292 g/mol. The Morgan fingerprint density at radius 1 is 1.20 bits per heavy atom. The van der Waals surface area contributed by atoms with E-state index in [2.05, 4.69) is 31.0 Å². The van der Waals surface area contributed by atoms with Crippen molar-refractivity contribution in [1.29, 1.82) is 0 Å². The summed E-state index contributed by atoms with van der Waals surface area (Å²) in [6, 6.07) is 7.99. The summed E-state index contributed by atoms with van der Waals surface area (Å²) in [4.78, 5) is 6.85. The van der Waals surface area contributed by atoms with Gasteiger partial charge in [-0.3, -0.25) is 0 Å². The number of anilines is 1. The van der Waals surface area contributed by atoms with Gasteiger partial charge in [0, 0.05) is 23.0 Å². The summed E-state index contributed by atoms with van der Waals surface area (Å²) in [6.45, 7) is 7.13. The molecule has 0 saturated carbocycles. The fourth-order valence-electron chi connectivity index (χ4n) is 2.13. The quantitative estimate of drug-likeness (QED) is 0.920. The number of benzene rings is 1. The Morgan fingerprint density at radius 3 is 2.45 bits per heavy atom. The zero-order valence-corrected chi connectivity index (χ0v) is 13.5. The second kappa shape index (κ2) is 5.58. The largest absolute Gasteiger partial charge is 0.365 e. The van der Waals surface area contributed by atoms with Crippen LogP contribution in [0, 0.1) is 0 Å². The van der Waals surface area contributed by atoms with Crippen LogP contribution in [0.4, 0.5) is 5.82 Å². The number of halogens is 1. The second-order valence-electron chi connectivity index (χ2n) is 6.38. The van der Waals surface area contributed by atoms with Gasteiger partial charge in [-0.05, 0) is 40.9 Å².